The number of rotatable bonds is 5. The van der Waals surface area contributed by atoms with Crippen LogP contribution in [0.4, 0.5) is 0 Å². The maximum Gasteiger partial charge on any atom is 0.193 e. The van der Waals surface area contributed by atoms with Crippen molar-refractivity contribution < 1.29 is 9.22 Å². The van der Waals surface area contributed by atoms with Gasteiger partial charge in [0.1, 0.15) is 12.4 Å². The van der Waals surface area contributed by atoms with E-state index >= 15 is 0 Å². The quantitative estimate of drug-likeness (QED) is 0.532. The smallest absolute Gasteiger partial charge is 0.193 e. The monoisotopic (exact) mass is 228 g/mol. The van der Waals surface area contributed by atoms with Gasteiger partial charge in [0.2, 0.25) is 0 Å². The van der Waals surface area contributed by atoms with E-state index in [0.717, 1.165) is 18.6 Å². The fraction of sp³-hybridized carbons (Fsp3) is 0.917. The van der Waals surface area contributed by atoms with Gasteiger partial charge >= 0.3 is 0 Å². The molecule has 0 N–H and O–H groups in total. The summed E-state index contributed by atoms with van der Waals surface area (Å²) in [6, 6.07) is 0. The minimum absolute atomic E-state index is 0.154. The molecule has 15 heavy (non-hydrogen) atoms. The van der Waals surface area contributed by atoms with Gasteiger partial charge < -0.3 is 9.22 Å². The Labute approximate surface area is 94.5 Å². The first-order chi connectivity index (χ1) is 6.76. The molecule has 1 rings (SSSR count). The van der Waals surface area contributed by atoms with E-state index < -0.39 is 8.32 Å². The lowest BCUT2D eigenvalue weighted by atomic mass is 10.2. The molecule has 0 heterocycles. The summed E-state index contributed by atoms with van der Waals surface area (Å²) in [4.78, 5) is 11.0. The molecule has 88 valence electrons. The summed E-state index contributed by atoms with van der Waals surface area (Å²) >= 11 is 0. The highest BCUT2D eigenvalue weighted by Gasteiger charge is 2.40. The second-order valence-electron chi connectivity index (χ2n) is 6.23. The Morgan fingerprint density at radius 3 is 2.27 bits per heavy atom. The zero-order valence-corrected chi connectivity index (χ0v) is 11.7. The van der Waals surface area contributed by atoms with Crippen molar-refractivity contribution in [1.82, 2.24) is 0 Å². The summed E-state index contributed by atoms with van der Waals surface area (Å²) in [5.74, 6) is 0.755. The maximum absolute atomic E-state index is 11.0. The third-order valence-corrected chi connectivity index (χ3v) is 8.17. The minimum Gasteiger partial charge on any atom is -0.407 e. The van der Waals surface area contributed by atoms with Crippen molar-refractivity contribution in [1.29, 1.82) is 0 Å². The standard InChI is InChI=1S/C12H24O2Si/c1-12(2,3)15(4,5)14-11(9-13)8-10-6-7-10/h9-11H,6-8H2,1-5H3/t11-/m1/s1. The van der Waals surface area contributed by atoms with Crippen LogP contribution in [0.2, 0.25) is 18.1 Å². The zero-order chi connectivity index (χ0) is 11.7. The second-order valence-corrected chi connectivity index (χ2v) is 11.0. The molecule has 1 atom stereocenters. The van der Waals surface area contributed by atoms with E-state index in [9.17, 15) is 4.79 Å². The molecule has 0 bridgehead atoms. The highest BCUT2D eigenvalue weighted by molar-refractivity contribution is 6.74. The van der Waals surface area contributed by atoms with Crippen molar-refractivity contribution in [3.63, 3.8) is 0 Å². The molecule has 1 aliphatic rings. The summed E-state index contributed by atoms with van der Waals surface area (Å²) in [5.41, 5.74) is 0. The van der Waals surface area contributed by atoms with Crippen LogP contribution >= 0.6 is 0 Å². The van der Waals surface area contributed by atoms with Gasteiger partial charge in [-0.3, -0.25) is 0 Å². The molecule has 1 saturated carbocycles. The fourth-order valence-electron chi connectivity index (χ4n) is 1.37. The normalized spacial score (nSPS) is 20.1. The highest BCUT2D eigenvalue weighted by Crippen LogP contribution is 2.39. The van der Waals surface area contributed by atoms with Crippen LogP contribution in [0.5, 0.6) is 0 Å². The molecular weight excluding hydrogens is 204 g/mol. The van der Waals surface area contributed by atoms with Crippen LogP contribution < -0.4 is 0 Å². The molecule has 2 nitrogen and oxygen atoms in total. The van der Waals surface area contributed by atoms with Crippen molar-refractivity contribution in [3.05, 3.63) is 0 Å². The molecule has 0 radical (unpaired) electrons. The summed E-state index contributed by atoms with van der Waals surface area (Å²) in [6.07, 6.45) is 4.35. The van der Waals surface area contributed by atoms with Crippen LogP contribution in [-0.2, 0) is 9.22 Å². The number of carbonyl (C=O) groups excluding carboxylic acids is 1. The first kappa shape index (κ1) is 12.9. The Morgan fingerprint density at radius 1 is 1.40 bits per heavy atom. The van der Waals surface area contributed by atoms with E-state index in [1.807, 2.05) is 0 Å². The summed E-state index contributed by atoms with van der Waals surface area (Å²) in [5, 5.41) is 0.192. The molecule has 0 spiro atoms. The summed E-state index contributed by atoms with van der Waals surface area (Å²) in [7, 11) is -1.76. The van der Waals surface area contributed by atoms with Gasteiger partial charge in [-0.15, -0.1) is 0 Å². The van der Waals surface area contributed by atoms with E-state index in [1.54, 1.807) is 0 Å². The number of hydrogen-bond acceptors (Lipinski definition) is 2. The van der Waals surface area contributed by atoms with Gasteiger partial charge in [-0.05, 0) is 30.5 Å². The van der Waals surface area contributed by atoms with Crippen molar-refractivity contribution in [3.8, 4) is 0 Å². The predicted octanol–water partition coefficient (Wildman–Crippen LogP) is 3.38. The molecule has 3 heteroatoms. The van der Waals surface area contributed by atoms with Crippen LogP contribution in [0.1, 0.15) is 40.0 Å². The molecule has 1 fully saturated rings. The highest BCUT2D eigenvalue weighted by atomic mass is 28.4. The van der Waals surface area contributed by atoms with E-state index in [0.29, 0.717) is 0 Å². The van der Waals surface area contributed by atoms with Crippen molar-refractivity contribution >= 4 is 14.6 Å². The molecule has 0 saturated heterocycles. The third-order valence-electron chi connectivity index (χ3n) is 3.67. The number of carbonyl (C=O) groups is 1. The molecule has 0 aromatic rings. The summed E-state index contributed by atoms with van der Waals surface area (Å²) in [6.45, 7) is 11.0. The minimum atomic E-state index is -1.76. The average molecular weight is 228 g/mol. The molecule has 0 amide bonds. The van der Waals surface area contributed by atoms with E-state index in [1.165, 1.54) is 12.8 Å². The number of aldehydes is 1. The summed E-state index contributed by atoms with van der Waals surface area (Å²) < 4.78 is 6.07. The Morgan fingerprint density at radius 2 is 1.93 bits per heavy atom. The van der Waals surface area contributed by atoms with Crippen molar-refractivity contribution in [2.45, 2.75) is 64.3 Å². The van der Waals surface area contributed by atoms with E-state index in [4.69, 9.17) is 4.43 Å². The largest absolute Gasteiger partial charge is 0.407 e. The molecule has 0 aromatic carbocycles. The van der Waals surface area contributed by atoms with Crippen LogP contribution in [0.25, 0.3) is 0 Å². The lowest BCUT2D eigenvalue weighted by Gasteiger charge is -2.38. The van der Waals surface area contributed by atoms with Gasteiger partial charge in [-0.25, -0.2) is 0 Å². The topological polar surface area (TPSA) is 26.3 Å². The van der Waals surface area contributed by atoms with Gasteiger partial charge in [-0.1, -0.05) is 33.6 Å². The first-order valence-electron chi connectivity index (χ1n) is 5.89. The predicted molar refractivity (Wildman–Crippen MR) is 65.5 cm³/mol. The van der Waals surface area contributed by atoms with Gasteiger partial charge in [0, 0.05) is 0 Å². The molecule has 0 aromatic heterocycles. The second kappa shape index (κ2) is 4.38. The Bertz CT molecular complexity index is 226. The van der Waals surface area contributed by atoms with E-state index in [-0.39, 0.29) is 11.1 Å². The maximum atomic E-state index is 11.0. The Balaban J connectivity index is 2.52. The lowest BCUT2D eigenvalue weighted by Crippen LogP contribution is -2.44. The van der Waals surface area contributed by atoms with Crippen molar-refractivity contribution in [2.75, 3.05) is 0 Å². The van der Waals surface area contributed by atoms with Crippen LogP contribution in [-0.4, -0.2) is 20.7 Å². The van der Waals surface area contributed by atoms with Gasteiger partial charge in [-0.2, -0.15) is 0 Å². The molecule has 0 aliphatic heterocycles. The SMILES string of the molecule is CC(C)(C)[Si](C)(C)O[C@@H](C=O)CC1CC1. The van der Waals surface area contributed by atoms with Crippen molar-refractivity contribution in [2.24, 2.45) is 5.92 Å². The van der Waals surface area contributed by atoms with Crippen LogP contribution in [0, 0.1) is 5.92 Å². The van der Waals surface area contributed by atoms with Gasteiger partial charge in [0.15, 0.2) is 8.32 Å². The average Bonchev–Trinajstić information content (AvgIpc) is 2.84. The lowest BCUT2D eigenvalue weighted by molar-refractivity contribution is -0.114. The van der Waals surface area contributed by atoms with Crippen LogP contribution in [0.15, 0.2) is 0 Å². The van der Waals surface area contributed by atoms with Crippen LogP contribution in [0.3, 0.4) is 0 Å². The number of hydrogen-bond donors (Lipinski definition) is 0. The molecule has 1 aliphatic carbocycles. The Kier molecular flexibility index (Phi) is 3.77. The van der Waals surface area contributed by atoms with Gasteiger partial charge in [0.25, 0.3) is 0 Å². The van der Waals surface area contributed by atoms with E-state index in [2.05, 4.69) is 33.9 Å². The third kappa shape index (κ3) is 3.72. The Hall–Kier alpha value is -0.153. The fourth-order valence-corrected chi connectivity index (χ4v) is 2.63. The van der Waals surface area contributed by atoms with Gasteiger partial charge in [0.05, 0.1) is 0 Å². The molecule has 0 unspecified atom stereocenters. The molecular formula is C12H24O2Si. The zero-order valence-electron chi connectivity index (χ0n) is 10.7. The first-order valence-corrected chi connectivity index (χ1v) is 8.80.